The zero-order valence-corrected chi connectivity index (χ0v) is 8.23. The molecule has 14 heavy (non-hydrogen) atoms. The minimum atomic E-state index is -0.636. The maximum atomic E-state index is 9.71. The van der Waals surface area contributed by atoms with Crippen LogP contribution in [0, 0.1) is 12.3 Å². The van der Waals surface area contributed by atoms with E-state index in [4.69, 9.17) is 11.2 Å². The molecule has 0 bridgehead atoms. The Bertz CT molecular complexity index is 325. The van der Waals surface area contributed by atoms with E-state index in [2.05, 4.69) is 5.92 Å². The van der Waals surface area contributed by atoms with E-state index in [-0.39, 0.29) is 0 Å². The van der Waals surface area contributed by atoms with Gasteiger partial charge in [-0.1, -0.05) is 18.2 Å². The summed E-state index contributed by atoms with van der Waals surface area (Å²) in [6, 6.07) is 7.39. The van der Waals surface area contributed by atoms with Crippen LogP contribution in [0.4, 0.5) is 0 Å². The van der Waals surface area contributed by atoms with Crippen molar-refractivity contribution in [3.8, 4) is 18.1 Å². The number of para-hydroxylation sites is 1. The molecule has 1 N–H and O–H groups in total. The highest BCUT2D eigenvalue weighted by Crippen LogP contribution is 2.26. The number of ether oxygens (including phenoxy) is 1. The van der Waals surface area contributed by atoms with Crippen LogP contribution >= 0.6 is 0 Å². The van der Waals surface area contributed by atoms with Crippen LogP contribution in [0.3, 0.4) is 0 Å². The fourth-order valence-corrected chi connectivity index (χ4v) is 1.26. The maximum absolute atomic E-state index is 9.71. The monoisotopic (exact) mass is 190 g/mol. The van der Waals surface area contributed by atoms with Crippen molar-refractivity contribution in [1.29, 1.82) is 0 Å². The third kappa shape index (κ3) is 2.51. The Labute approximate surface area is 84.5 Å². The smallest absolute Gasteiger partial charge is 0.125 e. The van der Waals surface area contributed by atoms with Crippen LogP contribution in [-0.2, 0) is 0 Å². The lowest BCUT2D eigenvalue weighted by molar-refractivity contribution is 0.177. The molecule has 0 fully saturated rings. The van der Waals surface area contributed by atoms with E-state index in [0.29, 0.717) is 18.8 Å². The van der Waals surface area contributed by atoms with Gasteiger partial charge in [0.15, 0.2) is 0 Å². The summed E-state index contributed by atoms with van der Waals surface area (Å²) in [5.74, 6) is 3.14. The molecule has 0 radical (unpaired) electrons. The van der Waals surface area contributed by atoms with E-state index >= 15 is 0 Å². The van der Waals surface area contributed by atoms with Crippen LogP contribution in [0.25, 0.3) is 0 Å². The molecule has 2 heteroatoms. The van der Waals surface area contributed by atoms with E-state index < -0.39 is 6.10 Å². The number of aliphatic hydroxyl groups excluding tert-OH is 1. The molecule has 0 spiro atoms. The van der Waals surface area contributed by atoms with Crippen molar-refractivity contribution >= 4 is 0 Å². The molecule has 1 rings (SSSR count). The Kier molecular flexibility index (Phi) is 4.03. The second-order valence-electron chi connectivity index (χ2n) is 2.89. The fraction of sp³-hybridized carbons (Fsp3) is 0.333. The van der Waals surface area contributed by atoms with Crippen LogP contribution in [0.15, 0.2) is 24.3 Å². The third-order valence-corrected chi connectivity index (χ3v) is 1.89. The Balaban J connectivity index is 2.89. The topological polar surface area (TPSA) is 29.5 Å². The van der Waals surface area contributed by atoms with Crippen molar-refractivity contribution in [1.82, 2.24) is 0 Å². The summed E-state index contributed by atoms with van der Waals surface area (Å²) >= 11 is 0. The van der Waals surface area contributed by atoms with E-state index in [1.807, 2.05) is 31.2 Å². The minimum Gasteiger partial charge on any atom is -0.493 e. The molecule has 1 aromatic rings. The summed E-state index contributed by atoms with van der Waals surface area (Å²) in [7, 11) is 0. The maximum Gasteiger partial charge on any atom is 0.125 e. The van der Waals surface area contributed by atoms with Crippen LogP contribution in [0.1, 0.15) is 25.0 Å². The second-order valence-corrected chi connectivity index (χ2v) is 2.89. The molecule has 0 amide bonds. The number of hydrogen-bond donors (Lipinski definition) is 1. The number of rotatable bonds is 4. The molecular formula is C12H14O2. The SMILES string of the molecule is C#CCC(O)c1ccccc1OCC. The minimum absolute atomic E-state index is 0.310. The van der Waals surface area contributed by atoms with Gasteiger partial charge in [-0.2, -0.15) is 0 Å². The Morgan fingerprint density at radius 2 is 2.21 bits per heavy atom. The summed E-state index contributed by atoms with van der Waals surface area (Å²) in [6.45, 7) is 2.49. The zero-order chi connectivity index (χ0) is 10.4. The van der Waals surface area contributed by atoms with Gasteiger partial charge < -0.3 is 9.84 Å². The predicted molar refractivity (Wildman–Crippen MR) is 56.0 cm³/mol. The van der Waals surface area contributed by atoms with Gasteiger partial charge in [0, 0.05) is 12.0 Å². The Morgan fingerprint density at radius 3 is 2.86 bits per heavy atom. The van der Waals surface area contributed by atoms with Crippen molar-refractivity contribution in [3.63, 3.8) is 0 Å². The van der Waals surface area contributed by atoms with Gasteiger partial charge in [-0.25, -0.2) is 0 Å². The van der Waals surface area contributed by atoms with Gasteiger partial charge in [0.05, 0.1) is 12.7 Å². The molecule has 0 saturated heterocycles. The van der Waals surface area contributed by atoms with Crippen LogP contribution in [0.5, 0.6) is 5.75 Å². The van der Waals surface area contributed by atoms with Gasteiger partial charge in [-0.15, -0.1) is 12.3 Å². The summed E-state index contributed by atoms with van der Waals surface area (Å²) in [5, 5.41) is 9.71. The summed E-state index contributed by atoms with van der Waals surface area (Å²) in [4.78, 5) is 0. The quantitative estimate of drug-likeness (QED) is 0.737. The molecule has 0 heterocycles. The molecular weight excluding hydrogens is 176 g/mol. The first-order valence-corrected chi connectivity index (χ1v) is 4.62. The average molecular weight is 190 g/mol. The van der Waals surface area contributed by atoms with Gasteiger partial charge in [0.2, 0.25) is 0 Å². The normalized spacial score (nSPS) is 11.8. The third-order valence-electron chi connectivity index (χ3n) is 1.89. The molecule has 0 saturated carbocycles. The lowest BCUT2D eigenvalue weighted by atomic mass is 10.1. The fourth-order valence-electron chi connectivity index (χ4n) is 1.26. The molecule has 0 aromatic heterocycles. The first-order chi connectivity index (χ1) is 6.79. The average Bonchev–Trinajstić information content (AvgIpc) is 2.19. The number of terminal acetylenes is 1. The highest BCUT2D eigenvalue weighted by Gasteiger charge is 2.10. The number of aliphatic hydroxyl groups is 1. The molecule has 0 aliphatic heterocycles. The van der Waals surface area contributed by atoms with Crippen molar-refractivity contribution in [2.24, 2.45) is 0 Å². The van der Waals surface area contributed by atoms with Gasteiger partial charge in [0.25, 0.3) is 0 Å². The van der Waals surface area contributed by atoms with Crippen LogP contribution in [-0.4, -0.2) is 11.7 Å². The molecule has 2 nitrogen and oxygen atoms in total. The van der Waals surface area contributed by atoms with Crippen molar-refractivity contribution < 1.29 is 9.84 Å². The lowest BCUT2D eigenvalue weighted by Crippen LogP contribution is -2.01. The summed E-state index contributed by atoms with van der Waals surface area (Å²) in [5.41, 5.74) is 0.757. The molecule has 1 atom stereocenters. The predicted octanol–water partition coefficient (Wildman–Crippen LogP) is 2.14. The highest BCUT2D eigenvalue weighted by molar-refractivity contribution is 5.35. The first kappa shape index (κ1) is 10.6. The first-order valence-electron chi connectivity index (χ1n) is 4.62. The molecule has 74 valence electrons. The van der Waals surface area contributed by atoms with E-state index in [9.17, 15) is 5.11 Å². The van der Waals surface area contributed by atoms with Gasteiger partial charge >= 0.3 is 0 Å². The van der Waals surface area contributed by atoms with Crippen molar-refractivity contribution in [2.75, 3.05) is 6.61 Å². The van der Waals surface area contributed by atoms with E-state index in [0.717, 1.165) is 5.56 Å². The summed E-state index contributed by atoms with van der Waals surface area (Å²) < 4.78 is 5.38. The standard InChI is InChI=1S/C12H14O2/c1-3-7-11(13)10-8-5-6-9-12(10)14-4-2/h1,5-6,8-9,11,13H,4,7H2,2H3. The lowest BCUT2D eigenvalue weighted by Gasteiger charge is -2.13. The zero-order valence-electron chi connectivity index (χ0n) is 8.23. The molecule has 1 unspecified atom stereocenters. The second kappa shape index (κ2) is 5.31. The molecule has 0 aliphatic carbocycles. The van der Waals surface area contributed by atoms with Crippen molar-refractivity contribution in [3.05, 3.63) is 29.8 Å². The van der Waals surface area contributed by atoms with Crippen LogP contribution in [0.2, 0.25) is 0 Å². The number of hydrogen-bond acceptors (Lipinski definition) is 2. The van der Waals surface area contributed by atoms with Crippen molar-refractivity contribution in [2.45, 2.75) is 19.4 Å². The van der Waals surface area contributed by atoms with Gasteiger partial charge in [-0.05, 0) is 13.0 Å². The molecule has 1 aromatic carbocycles. The van der Waals surface area contributed by atoms with Crippen LogP contribution < -0.4 is 4.74 Å². The number of benzene rings is 1. The van der Waals surface area contributed by atoms with Gasteiger partial charge in [-0.3, -0.25) is 0 Å². The Hall–Kier alpha value is -1.46. The Morgan fingerprint density at radius 1 is 1.50 bits per heavy atom. The highest BCUT2D eigenvalue weighted by atomic mass is 16.5. The van der Waals surface area contributed by atoms with E-state index in [1.54, 1.807) is 0 Å². The largest absolute Gasteiger partial charge is 0.493 e. The molecule has 0 aliphatic rings. The van der Waals surface area contributed by atoms with Gasteiger partial charge in [0.1, 0.15) is 5.75 Å². The summed E-state index contributed by atoms with van der Waals surface area (Å²) in [6.07, 6.45) is 4.81. The van der Waals surface area contributed by atoms with E-state index in [1.165, 1.54) is 0 Å².